The molecule has 0 aliphatic heterocycles. The van der Waals surface area contributed by atoms with Gasteiger partial charge in [-0.15, -0.1) is 0 Å². The lowest BCUT2D eigenvalue weighted by atomic mass is 10.0. The van der Waals surface area contributed by atoms with E-state index in [1.54, 1.807) is 30.3 Å². The lowest BCUT2D eigenvalue weighted by Gasteiger charge is -2.20. The molecule has 2 rings (SSSR count). The van der Waals surface area contributed by atoms with Gasteiger partial charge in [0.1, 0.15) is 0 Å². The van der Waals surface area contributed by atoms with E-state index in [0.29, 0.717) is 32.4 Å². The average molecular weight is 455 g/mol. The van der Waals surface area contributed by atoms with Gasteiger partial charge in [-0.25, -0.2) is 4.21 Å². The number of rotatable bonds is 8. The van der Waals surface area contributed by atoms with Gasteiger partial charge in [-0.05, 0) is 54.8 Å². The topological polar surface area (TPSA) is 55.8 Å². The predicted molar refractivity (Wildman–Crippen MR) is 114 cm³/mol. The first-order chi connectivity index (χ1) is 14.6. The van der Waals surface area contributed by atoms with Crippen molar-refractivity contribution in [1.29, 1.82) is 0 Å². The molecule has 0 saturated carbocycles. The lowest BCUT2D eigenvalue weighted by molar-refractivity contribution is -0.184. The number of carbonyl (C=O) groups excluding carboxylic acids is 1. The van der Waals surface area contributed by atoms with Crippen molar-refractivity contribution in [3.8, 4) is 11.5 Å². The smallest absolute Gasteiger partial charge is 0.471 e. The molecule has 1 atom stereocenters. The standard InChI is InChI=1S/C22H24F3NO4S/c1-15-5-7-18(8-6-15)31(28)12-10-17-14-20(30-4)19(29-3)13-16(17)9-11-26(2)21(27)22(23,24)25/h5-8,10,12-14H,9,11H2,1-4H3/b12-10-. The average Bonchev–Trinajstić information content (AvgIpc) is 2.74. The van der Waals surface area contributed by atoms with Crippen LogP contribution >= 0.6 is 0 Å². The van der Waals surface area contributed by atoms with Crippen LogP contribution in [0.15, 0.2) is 46.7 Å². The van der Waals surface area contributed by atoms with Gasteiger partial charge < -0.3 is 14.4 Å². The molecular weight excluding hydrogens is 431 g/mol. The number of halogens is 3. The van der Waals surface area contributed by atoms with E-state index in [0.717, 1.165) is 12.6 Å². The van der Waals surface area contributed by atoms with Crippen LogP contribution in [0.25, 0.3) is 6.08 Å². The van der Waals surface area contributed by atoms with Gasteiger partial charge in [0.15, 0.2) is 11.5 Å². The maximum absolute atomic E-state index is 12.6. The second-order valence-corrected chi connectivity index (χ2v) is 8.13. The zero-order valence-corrected chi connectivity index (χ0v) is 18.5. The second-order valence-electron chi connectivity index (χ2n) is 6.79. The molecule has 0 aliphatic rings. The van der Waals surface area contributed by atoms with Crippen LogP contribution in [0.4, 0.5) is 13.2 Å². The molecule has 0 spiro atoms. The third-order valence-electron chi connectivity index (χ3n) is 4.58. The molecule has 0 fully saturated rings. The number of amides is 1. The van der Waals surface area contributed by atoms with Crippen molar-refractivity contribution >= 4 is 22.8 Å². The highest BCUT2D eigenvalue weighted by atomic mass is 32.2. The van der Waals surface area contributed by atoms with Gasteiger partial charge in [0.2, 0.25) is 0 Å². The molecule has 0 aliphatic carbocycles. The molecule has 2 aromatic carbocycles. The number of hydrogen-bond donors (Lipinski definition) is 0. The molecule has 9 heteroatoms. The van der Waals surface area contributed by atoms with E-state index in [1.165, 1.54) is 19.6 Å². The minimum atomic E-state index is -4.93. The van der Waals surface area contributed by atoms with Crippen molar-refractivity contribution in [1.82, 2.24) is 4.90 Å². The molecule has 1 unspecified atom stereocenters. The molecule has 0 bridgehead atoms. The molecule has 31 heavy (non-hydrogen) atoms. The van der Waals surface area contributed by atoms with E-state index in [4.69, 9.17) is 9.47 Å². The van der Waals surface area contributed by atoms with E-state index < -0.39 is 22.9 Å². The zero-order valence-electron chi connectivity index (χ0n) is 17.7. The van der Waals surface area contributed by atoms with E-state index >= 15 is 0 Å². The minimum Gasteiger partial charge on any atom is -0.493 e. The van der Waals surface area contributed by atoms with E-state index in [1.807, 2.05) is 19.1 Å². The van der Waals surface area contributed by atoms with Crippen molar-refractivity contribution < 1.29 is 31.6 Å². The minimum absolute atomic E-state index is 0.134. The molecule has 0 heterocycles. The Morgan fingerprint density at radius 3 is 2.23 bits per heavy atom. The summed E-state index contributed by atoms with van der Waals surface area (Å²) in [6.07, 6.45) is -3.17. The molecule has 2 aromatic rings. The van der Waals surface area contributed by atoms with Gasteiger partial charge in [-0.2, -0.15) is 13.2 Å². The van der Waals surface area contributed by atoms with Crippen LogP contribution in [0.2, 0.25) is 0 Å². The van der Waals surface area contributed by atoms with Crippen LogP contribution in [-0.4, -0.2) is 49.0 Å². The highest BCUT2D eigenvalue weighted by molar-refractivity contribution is 7.88. The SMILES string of the molecule is COc1cc(/C=C\S(=O)c2ccc(C)cc2)c(CCN(C)C(=O)C(F)(F)F)cc1OC. The van der Waals surface area contributed by atoms with Gasteiger partial charge >= 0.3 is 12.1 Å². The summed E-state index contributed by atoms with van der Waals surface area (Å²) in [6.45, 7) is 1.77. The Hall–Kier alpha value is -2.81. The van der Waals surface area contributed by atoms with Crippen molar-refractivity contribution in [3.05, 3.63) is 58.5 Å². The Kier molecular flexibility index (Phi) is 8.27. The number of ether oxygens (including phenoxy) is 2. The third-order valence-corrected chi connectivity index (χ3v) is 5.70. The van der Waals surface area contributed by atoms with Crippen molar-refractivity contribution in [2.75, 3.05) is 27.8 Å². The fourth-order valence-electron chi connectivity index (χ4n) is 2.80. The predicted octanol–water partition coefficient (Wildman–Crippen LogP) is 4.35. The Bertz CT molecular complexity index is 972. The number of methoxy groups -OCH3 is 2. The number of aryl methyl sites for hydroxylation is 1. The fourth-order valence-corrected chi connectivity index (χ4v) is 3.63. The highest BCUT2D eigenvalue weighted by Gasteiger charge is 2.41. The first-order valence-electron chi connectivity index (χ1n) is 9.29. The van der Waals surface area contributed by atoms with Crippen LogP contribution in [0.5, 0.6) is 11.5 Å². The van der Waals surface area contributed by atoms with E-state index in [9.17, 15) is 22.2 Å². The van der Waals surface area contributed by atoms with Gasteiger partial charge in [-0.3, -0.25) is 4.79 Å². The Balaban J connectivity index is 2.30. The molecule has 5 nitrogen and oxygen atoms in total. The lowest BCUT2D eigenvalue weighted by Crippen LogP contribution is -2.39. The summed E-state index contributed by atoms with van der Waals surface area (Å²) in [4.78, 5) is 12.6. The molecular formula is C22H24F3NO4S. The van der Waals surface area contributed by atoms with Crippen molar-refractivity contribution in [2.24, 2.45) is 0 Å². The first kappa shape index (κ1) is 24.5. The van der Waals surface area contributed by atoms with Crippen LogP contribution in [-0.2, 0) is 22.0 Å². The number of benzene rings is 2. The molecule has 168 valence electrons. The monoisotopic (exact) mass is 455 g/mol. The van der Waals surface area contributed by atoms with Crippen molar-refractivity contribution in [2.45, 2.75) is 24.4 Å². The molecule has 0 aromatic heterocycles. The number of likely N-dealkylation sites (N-methyl/N-ethyl adjacent to an activating group) is 1. The summed E-state index contributed by atoms with van der Waals surface area (Å²) in [5.74, 6) is -1.09. The summed E-state index contributed by atoms with van der Waals surface area (Å²) in [5.41, 5.74) is 2.27. The maximum Gasteiger partial charge on any atom is 0.471 e. The molecule has 0 saturated heterocycles. The van der Waals surface area contributed by atoms with Gasteiger partial charge in [-0.1, -0.05) is 17.7 Å². The Labute approximate surface area is 181 Å². The van der Waals surface area contributed by atoms with E-state index in [2.05, 4.69) is 0 Å². The maximum atomic E-state index is 12.6. The molecule has 0 N–H and O–H groups in total. The first-order valence-corrected chi connectivity index (χ1v) is 10.5. The normalized spacial score (nSPS) is 12.6. The van der Waals surface area contributed by atoms with Crippen molar-refractivity contribution in [3.63, 3.8) is 0 Å². The van der Waals surface area contributed by atoms with Crippen LogP contribution < -0.4 is 9.47 Å². The van der Waals surface area contributed by atoms with Crippen LogP contribution in [0.1, 0.15) is 16.7 Å². The second kappa shape index (κ2) is 10.5. The zero-order chi connectivity index (χ0) is 23.2. The number of carbonyl (C=O) groups is 1. The Morgan fingerprint density at radius 1 is 1.10 bits per heavy atom. The highest BCUT2D eigenvalue weighted by Crippen LogP contribution is 2.32. The number of alkyl halides is 3. The quantitative estimate of drug-likeness (QED) is 0.594. The summed E-state index contributed by atoms with van der Waals surface area (Å²) in [6, 6.07) is 10.5. The largest absolute Gasteiger partial charge is 0.493 e. The van der Waals surface area contributed by atoms with Crippen LogP contribution in [0, 0.1) is 6.92 Å². The third kappa shape index (κ3) is 6.58. The van der Waals surface area contributed by atoms with Gasteiger partial charge in [0.05, 0.1) is 25.0 Å². The Morgan fingerprint density at radius 2 is 1.68 bits per heavy atom. The molecule has 1 amide bonds. The molecule has 0 radical (unpaired) electrons. The van der Waals surface area contributed by atoms with Gasteiger partial charge in [0.25, 0.3) is 0 Å². The summed E-state index contributed by atoms with van der Waals surface area (Å²) in [7, 11) is 2.59. The van der Waals surface area contributed by atoms with Crippen LogP contribution in [0.3, 0.4) is 0 Å². The number of nitrogens with zero attached hydrogens (tertiary/aromatic N) is 1. The summed E-state index contributed by atoms with van der Waals surface area (Å²) >= 11 is 0. The summed E-state index contributed by atoms with van der Waals surface area (Å²) < 4.78 is 61.1. The van der Waals surface area contributed by atoms with Gasteiger partial charge in [0, 0.05) is 23.9 Å². The fraction of sp³-hybridized carbons (Fsp3) is 0.318. The van der Waals surface area contributed by atoms with E-state index in [-0.39, 0.29) is 13.0 Å². The summed E-state index contributed by atoms with van der Waals surface area (Å²) in [5, 5.41) is 1.50. The number of hydrogen-bond acceptors (Lipinski definition) is 4.